The van der Waals surface area contributed by atoms with Crippen molar-refractivity contribution >= 4 is 23.9 Å². The fraction of sp³-hybridized carbons (Fsp3) is 0.644. The number of ether oxygens (including phenoxy) is 10. The molecule has 0 fully saturated rings. The normalized spacial score (nSPS) is 12.6. The van der Waals surface area contributed by atoms with Crippen LogP contribution in [0.5, 0.6) is 0 Å². The van der Waals surface area contributed by atoms with Gasteiger partial charge in [0.1, 0.15) is 24.8 Å². The van der Waals surface area contributed by atoms with Gasteiger partial charge in [0, 0.05) is 26.0 Å². The van der Waals surface area contributed by atoms with Crippen LogP contribution in [0.2, 0.25) is 0 Å². The lowest BCUT2D eigenvalue weighted by molar-refractivity contribution is -0.154. The van der Waals surface area contributed by atoms with Gasteiger partial charge < -0.3 is 63.3 Å². The minimum atomic E-state index is -0.976. The average Bonchev–Trinajstić information content (AvgIpc) is 3.57. The number of nitrogens with one attached hydrogen (secondary N) is 3. The molecule has 3 amide bonds. The zero-order chi connectivity index (χ0) is 44.7. The maximum Gasteiger partial charge on any atom is 0.407 e. The number of rotatable bonds is 35. The highest BCUT2D eigenvalue weighted by molar-refractivity contribution is 5.88. The Balaban J connectivity index is 1.21. The molecule has 1 aliphatic rings. The molecule has 348 valence electrons. The summed E-state index contributed by atoms with van der Waals surface area (Å²) in [6.07, 6.45) is 0.743. The second-order valence-electron chi connectivity index (χ2n) is 15.2. The second kappa shape index (κ2) is 31.6. The number of fused-ring (bicyclic) bond motifs is 3. The van der Waals surface area contributed by atoms with Crippen molar-refractivity contribution in [2.75, 3.05) is 126 Å². The Morgan fingerprint density at radius 3 is 1.56 bits per heavy atom. The van der Waals surface area contributed by atoms with Gasteiger partial charge >= 0.3 is 12.1 Å². The lowest BCUT2D eigenvalue weighted by Gasteiger charge is -2.21. The molecule has 0 heterocycles. The first kappa shape index (κ1) is 52.1. The SMILES string of the molecule is COCCOCCOCCOCCOCCOCCOCCOCCC(=O)NCCCC[C@H](NC(=O)OCC1c2ccccc2-c2ccccc21)C(=O)NCC(=O)OC(C)(C)C. The molecule has 0 radical (unpaired) electrons. The monoisotopic (exact) mass is 875 g/mol. The molecule has 0 saturated carbocycles. The number of amides is 3. The molecule has 3 N–H and O–H groups in total. The Morgan fingerprint density at radius 2 is 1.08 bits per heavy atom. The quantitative estimate of drug-likeness (QED) is 0.0669. The number of alkyl carbamates (subject to hydrolysis) is 1. The van der Waals surface area contributed by atoms with E-state index in [0.717, 1.165) is 22.3 Å². The molecule has 0 spiro atoms. The Labute approximate surface area is 366 Å². The third kappa shape index (κ3) is 22.8. The smallest absolute Gasteiger partial charge is 0.407 e. The number of hydrogen-bond donors (Lipinski definition) is 3. The van der Waals surface area contributed by atoms with E-state index in [1.54, 1.807) is 27.9 Å². The number of methoxy groups -OCH3 is 1. The van der Waals surface area contributed by atoms with Crippen molar-refractivity contribution in [2.24, 2.45) is 0 Å². The number of esters is 1. The first-order valence-electron chi connectivity index (χ1n) is 21.5. The van der Waals surface area contributed by atoms with E-state index in [2.05, 4.69) is 28.1 Å². The first-order chi connectivity index (χ1) is 30.1. The molecule has 1 atom stereocenters. The average molecular weight is 876 g/mol. The first-order valence-corrected chi connectivity index (χ1v) is 21.5. The van der Waals surface area contributed by atoms with Crippen molar-refractivity contribution in [1.82, 2.24) is 16.0 Å². The molecule has 17 nitrogen and oxygen atoms in total. The molecule has 0 bridgehead atoms. The van der Waals surface area contributed by atoms with Gasteiger partial charge in [0.15, 0.2) is 0 Å². The van der Waals surface area contributed by atoms with Crippen molar-refractivity contribution in [2.45, 2.75) is 64.0 Å². The Hall–Kier alpha value is -4.20. The van der Waals surface area contributed by atoms with Gasteiger partial charge in [0.25, 0.3) is 0 Å². The highest BCUT2D eigenvalue weighted by Gasteiger charge is 2.30. The van der Waals surface area contributed by atoms with Crippen LogP contribution in [0.25, 0.3) is 11.1 Å². The topological polar surface area (TPSA) is 197 Å². The van der Waals surface area contributed by atoms with Crippen LogP contribution >= 0.6 is 0 Å². The van der Waals surface area contributed by atoms with Crippen LogP contribution in [0.1, 0.15) is 63.5 Å². The van der Waals surface area contributed by atoms with Crippen molar-refractivity contribution in [3.63, 3.8) is 0 Å². The Bertz CT molecular complexity index is 1530. The third-order valence-electron chi connectivity index (χ3n) is 9.16. The van der Waals surface area contributed by atoms with E-state index in [-0.39, 0.29) is 44.4 Å². The standard InChI is InChI=1S/C45H69N3O14/c1-45(2,3)62-42(50)33-47-43(51)40(48-44(52)61-34-39-37-13-7-5-11-35(37)36-12-6-8-14-38(36)39)15-9-10-17-46-41(49)16-18-54-21-22-56-25-26-58-29-30-60-32-31-59-28-27-57-24-23-55-20-19-53-4/h5-8,11-14,39-40H,9-10,15-34H2,1-4H3,(H,46,49)(H,47,51)(H,48,52)/t40-/m0/s1. The molecule has 62 heavy (non-hydrogen) atoms. The van der Waals surface area contributed by atoms with E-state index in [4.69, 9.17) is 47.4 Å². The lowest BCUT2D eigenvalue weighted by Crippen LogP contribution is -2.48. The summed E-state index contributed by atoms with van der Waals surface area (Å²) in [5, 5.41) is 8.10. The summed E-state index contributed by atoms with van der Waals surface area (Å²) < 4.78 is 54.0. The number of carbonyl (C=O) groups is 4. The molecule has 2 aromatic rings. The Morgan fingerprint density at radius 1 is 0.613 bits per heavy atom. The van der Waals surface area contributed by atoms with Crippen LogP contribution in [0.4, 0.5) is 4.79 Å². The van der Waals surface area contributed by atoms with E-state index >= 15 is 0 Å². The number of hydrogen-bond acceptors (Lipinski definition) is 14. The molecule has 0 saturated heterocycles. The van der Waals surface area contributed by atoms with Crippen LogP contribution in [-0.2, 0) is 61.8 Å². The fourth-order valence-electron chi connectivity index (χ4n) is 6.23. The van der Waals surface area contributed by atoms with Crippen LogP contribution < -0.4 is 16.0 Å². The molecule has 2 aromatic carbocycles. The Kier molecular flexibility index (Phi) is 26.6. The third-order valence-corrected chi connectivity index (χ3v) is 9.16. The molecule has 17 heteroatoms. The molecular weight excluding hydrogens is 807 g/mol. The van der Waals surface area contributed by atoms with E-state index < -0.39 is 29.6 Å². The van der Waals surface area contributed by atoms with Crippen molar-refractivity contribution in [1.29, 1.82) is 0 Å². The fourth-order valence-corrected chi connectivity index (χ4v) is 6.23. The van der Waals surface area contributed by atoms with Gasteiger partial charge in [-0.05, 0) is 62.3 Å². The van der Waals surface area contributed by atoms with Crippen molar-refractivity contribution in [3.05, 3.63) is 59.7 Å². The van der Waals surface area contributed by atoms with Gasteiger partial charge in [-0.25, -0.2) is 4.79 Å². The molecule has 0 unspecified atom stereocenters. The van der Waals surface area contributed by atoms with Crippen LogP contribution in [0, 0.1) is 0 Å². The summed E-state index contributed by atoms with van der Waals surface area (Å²) >= 11 is 0. The van der Waals surface area contributed by atoms with Gasteiger partial charge in [-0.15, -0.1) is 0 Å². The summed E-state index contributed by atoms with van der Waals surface area (Å²) in [5.41, 5.74) is 3.63. The van der Waals surface area contributed by atoms with Crippen LogP contribution in [0.3, 0.4) is 0 Å². The number of carbonyl (C=O) groups excluding carboxylic acids is 4. The number of unbranched alkanes of at least 4 members (excludes halogenated alkanes) is 1. The largest absolute Gasteiger partial charge is 0.459 e. The highest BCUT2D eigenvalue weighted by atomic mass is 16.6. The molecular formula is C45H69N3O14. The zero-order valence-electron chi connectivity index (χ0n) is 37.0. The van der Waals surface area contributed by atoms with Gasteiger partial charge in [-0.2, -0.15) is 0 Å². The van der Waals surface area contributed by atoms with Gasteiger partial charge in [0.05, 0.1) is 99.1 Å². The number of benzene rings is 2. The minimum Gasteiger partial charge on any atom is -0.459 e. The molecule has 0 aromatic heterocycles. The van der Waals surface area contributed by atoms with Crippen molar-refractivity contribution in [3.8, 4) is 11.1 Å². The zero-order valence-corrected chi connectivity index (χ0v) is 37.0. The van der Waals surface area contributed by atoms with Crippen LogP contribution in [-0.4, -0.2) is 161 Å². The molecule has 1 aliphatic carbocycles. The summed E-state index contributed by atoms with van der Waals surface area (Å²) in [5.74, 6) is -1.45. The predicted molar refractivity (Wildman–Crippen MR) is 230 cm³/mol. The van der Waals surface area contributed by atoms with Gasteiger partial charge in [0.2, 0.25) is 11.8 Å². The summed E-state index contributed by atoms with van der Waals surface area (Å²) in [7, 11) is 1.63. The van der Waals surface area contributed by atoms with E-state index in [0.29, 0.717) is 112 Å². The van der Waals surface area contributed by atoms with Crippen molar-refractivity contribution < 1.29 is 66.5 Å². The van der Waals surface area contributed by atoms with E-state index in [1.807, 2.05) is 36.4 Å². The van der Waals surface area contributed by atoms with Gasteiger partial charge in [-0.1, -0.05) is 48.5 Å². The maximum atomic E-state index is 13.2. The predicted octanol–water partition coefficient (Wildman–Crippen LogP) is 3.79. The molecule has 0 aliphatic heterocycles. The summed E-state index contributed by atoms with van der Waals surface area (Å²) in [4.78, 5) is 50.9. The van der Waals surface area contributed by atoms with E-state index in [9.17, 15) is 19.2 Å². The van der Waals surface area contributed by atoms with E-state index in [1.165, 1.54) is 0 Å². The van der Waals surface area contributed by atoms with Gasteiger partial charge in [-0.3, -0.25) is 14.4 Å². The molecule has 3 rings (SSSR count). The lowest BCUT2D eigenvalue weighted by atomic mass is 9.98. The maximum absolute atomic E-state index is 13.2. The highest BCUT2D eigenvalue weighted by Crippen LogP contribution is 2.44. The van der Waals surface area contributed by atoms with Crippen LogP contribution in [0.15, 0.2) is 48.5 Å². The summed E-state index contributed by atoms with van der Waals surface area (Å²) in [6, 6.07) is 15.1. The minimum absolute atomic E-state index is 0.0879. The second-order valence-corrected chi connectivity index (χ2v) is 15.2. The summed E-state index contributed by atoms with van der Waals surface area (Å²) in [6.45, 7) is 12.2.